The van der Waals surface area contributed by atoms with Crippen LogP contribution in [0.15, 0.2) is 18.2 Å². The summed E-state index contributed by atoms with van der Waals surface area (Å²) in [6.07, 6.45) is -1.14. The number of carbonyl (C=O) groups excluding carboxylic acids is 2. The predicted octanol–water partition coefficient (Wildman–Crippen LogP) is 4.36. The zero-order valence-electron chi connectivity index (χ0n) is 21.0. The molecule has 0 saturated carbocycles. The van der Waals surface area contributed by atoms with Crippen molar-refractivity contribution in [3.8, 4) is 0 Å². The Balaban J connectivity index is 2.27. The number of alkyl carbamates (subject to hydrolysis) is 1. The van der Waals surface area contributed by atoms with Crippen molar-refractivity contribution >= 4 is 30.5 Å². The monoisotopic (exact) mass is 448 g/mol. The summed E-state index contributed by atoms with van der Waals surface area (Å²) in [5.74, 6) is 0. The van der Waals surface area contributed by atoms with Crippen molar-refractivity contribution in [3.05, 3.63) is 23.8 Å². The van der Waals surface area contributed by atoms with E-state index in [1.165, 1.54) is 0 Å². The summed E-state index contributed by atoms with van der Waals surface area (Å²) in [4.78, 5) is 24.5. The van der Waals surface area contributed by atoms with Crippen molar-refractivity contribution < 1.29 is 28.4 Å². The SMILES string of the molecule is CC(C)(C)OC(=O)NCc1cc(B2OC(C)(C)C(C)(C)O2)ccc1NC(=O)OC(C)(C)C. The van der Waals surface area contributed by atoms with Crippen LogP contribution in [0.1, 0.15) is 74.8 Å². The van der Waals surface area contributed by atoms with Gasteiger partial charge in [0.05, 0.1) is 11.2 Å². The number of ether oxygens (including phenoxy) is 2. The maximum absolute atomic E-state index is 12.3. The molecule has 1 aliphatic heterocycles. The maximum atomic E-state index is 12.3. The fourth-order valence-corrected chi connectivity index (χ4v) is 2.90. The number of anilines is 1. The third-order valence-electron chi connectivity index (χ3n) is 5.11. The van der Waals surface area contributed by atoms with E-state index in [0.717, 1.165) is 5.46 Å². The van der Waals surface area contributed by atoms with Crippen LogP contribution in [0, 0.1) is 0 Å². The Kier molecular flexibility index (Phi) is 7.27. The lowest BCUT2D eigenvalue weighted by molar-refractivity contribution is 0.00578. The van der Waals surface area contributed by atoms with Crippen LogP contribution in [0.25, 0.3) is 0 Å². The van der Waals surface area contributed by atoms with E-state index in [2.05, 4.69) is 10.6 Å². The molecule has 178 valence electrons. The number of hydrogen-bond donors (Lipinski definition) is 2. The number of carbonyl (C=O) groups is 2. The highest BCUT2D eigenvalue weighted by Crippen LogP contribution is 2.36. The highest BCUT2D eigenvalue weighted by molar-refractivity contribution is 6.62. The number of nitrogens with one attached hydrogen (secondary N) is 2. The van der Waals surface area contributed by atoms with E-state index in [-0.39, 0.29) is 6.54 Å². The van der Waals surface area contributed by atoms with Crippen molar-refractivity contribution in [1.82, 2.24) is 5.32 Å². The van der Waals surface area contributed by atoms with Gasteiger partial charge in [0, 0.05) is 12.2 Å². The molecule has 0 aliphatic carbocycles. The highest BCUT2D eigenvalue weighted by Gasteiger charge is 2.51. The van der Waals surface area contributed by atoms with E-state index < -0.39 is 41.7 Å². The second-order valence-electron chi connectivity index (χ2n) is 11.0. The van der Waals surface area contributed by atoms with Crippen molar-refractivity contribution in [2.45, 2.75) is 98.2 Å². The van der Waals surface area contributed by atoms with E-state index in [1.807, 2.05) is 39.8 Å². The van der Waals surface area contributed by atoms with Crippen LogP contribution < -0.4 is 16.1 Å². The Morgan fingerprint density at radius 2 is 1.41 bits per heavy atom. The first-order valence-electron chi connectivity index (χ1n) is 10.8. The standard InChI is InChI=1S/C23H37BN2O6/c1-20(2,3)29-18(27)25-14-15-13-16(24-31-22(7,8)23(9,10)32-24)11-12-17(15)26-19(28)30-21(4,5)6/h11-13H,14H2,1-10H3,(H,25,27)(H,26,28). The first kappa shape index (κ1) is 26.0. The minimum Gasteiger partial charge on any atom is -0.444 e. The van der Waals surface area contributed by atoms with Crippen LogP contribution >= 0.6 is 0 Å². The number of benzene rings is 1. The molecule has 1 fully saturated rings. The average molecular weight is 448 g/mol. The lowest BCUT2D eigenvalue weighted by Crippen LogP contribution is -2.41. The van der Waals surface area contributed by atoms with Gasteiger partial charge in [-0.3, -0.25) is 5.32 Å². The third kappa shape index (κ3) is 7.13. The van der Waals surface area contributed by atoms with Gasteiger partial charge in [-0.15, -0.1) is 0 Å². The average Bonchev–Trinajstić information content (AvgIpc) is 2.78. The zero-order chi connectivity index (χ0) is 24.5. The van der Waals surface area contributed by atoms with E-state index in [9.17, 15) is 9.59 Å². The zero-order valence-corrected chi connectivity index (χ0v) is 21.0. The Morgan fingerprint density at radius 1 is 0.906 bits per heavy atom. The van der Waals surface area contributed by atoms with Crippen LogP contribution in [0.3, 0.4) is 0 Å². The van der Waals surface area contributed by atoms with Crippen LogP contribution in [0.2, 0.25) is 0 Å². The minimum atomic E-state index is -0.637. The fraction of sp³-hybridized carbons (Fsp3) is 0.652. The van der Waals surface area contributed by atoms with E-state index >= 15 is 0 Å². The Morgan fingerprint density at radius 3 is 1.91 bits per heavy atom. The van der Waals surface area contributed by atoms with Gasteiger partial charge in [-0.2, -0.15) is 0 Å². The van der Waals surface area contributed by atoms with Gasteiger partial charge in [-0.25, -0.2) is 9.59 Å². The maximum Gasteiger partial charge on any atom is 0.494 e. The Bertz CT molecular complexity index is 839. The Labute approximate surface area is 191 Å². The first-order valence-corrected chi connectivity index (χ1v) is 10.8. The van der Waals surface area contributed by atoms with Crippen LogP contribution in [-0.4, -0.2) is 41.7 Å². The lowest BCUT2D eigenvalue weighted by atomic mass is 9.78. The number of amides is 2. The normalized spacial score (nSPS) is 17.6. The number of rotatable bonds is 4. The van der Waals surface area contributed by atoms with Gasteiger partial charge in [-0.05, 0) is 86.3 Å². The smallest absolute Gasteiger partial charge is 0.444 e. The van der Waals surface area contributed by atoms with E-state index in [1.54, 1.807) is 47.6 Å². The molecule has 0 atom stereocenters. The molecule has 1 aromatic rings. The molecule has 1 aliphatic rings. The summed E-state index contributed by atoms with van der Waals surface area (Å²) in [6.45, 7) is 18.8. The van der Waals surface area contributed by atoms with Crippen LogP contribution in [0.4, 0.5) is 15.3 Å². The quantitative estimate of drug-likeness (QED) is 0.665. The van der Waals surface area contributed by atoms with Gasteiger partial charge in [0.2, 0.25) is 0 Å². The van der Waals surface area contributed by atoms with Gasteiger partial charge in [0.15, 0.2) is 0 Å². The van der Waals surface area contributed by atoms with Crippen molar-refractivity contribution in [3.63, 3.8) is 0 Å². The molecule has 8 nitrogen and oxygen atoms in total. The molecule has 32 heavy (non-hydrogen) atoms. The van der Waals surface area contributed by atoms with Crippen LogP contribution in [0.5, 0.6) is 0 Å². The number of hydrogen-bond acceptors (Lipinski definition) is 6. The van der Waals surface area contributed by atoms with Gasteiger partial charge in [0.1, 0.15) is 11.2 Å². The van der Waals surface area contributed by atoms with E-state index in [4.69, 9.17) is 18.8 Å². The second kappa shape index (κ2) is 8.94. The summed E-state index contributed by atoms with van der Waals surface area (Å²) >= 11 is 0. The first-order chi connectivity index (χ1) is 14.4. The van der Waals surface area contributed by atoms with Gasteiger partial charge < -0.3 is 24.1 Å². The third-order valence-corrected chi connectivity index (χ3v) is 5.11. The Hall–Kier alpha value is -2.26. The molecule has 1 saturated heterocycles. The highest BCUT2D eigenvalue weighted by atomic mass is 16.7. The lowest BCUT2D eigenvalue weighted by Gasteiger charge is -2.32. The fourth-order valence-electron chi connectivity index (χ4n) is 2.90. The molecule has 2 rings (SSSR count). The summed E-state index contributed by atoms with van der Waals surface area (Å²) in [5, 5.41) is 5.49. The molecule has 1 aromatic carbocycles. The summed E-state index contributed by atoms with van der Waals surface area (Å²) < 4.78 is 23.0. The topological polar surface area (TPSA) is 95.1 Å². The summed E-state index contributed by atoms with van der Waals surface area (Å²) in [5.41, 5.74) is -0.280. The summed E-state index contributed by atoms with van der Waals surface area (Å²) in [6, 6.07) is 5.41. The second-order valence-corrected chi connectivity index (χ2v) is 11.0. The van der Waals surface area contributed by atoms with Gasteiger partial charge in [0.25, 0.3) is 0 Å². The molecule has 2 N–H and O–H groups in total. The van der Waals surface area contributed by atoms with Gasteiger partial charge >= 0.3 is 19.3 Å². The largest absolute Gasteiger partial charge is 0.494 e. The minimum absolute atomic E-state index is 0.132. The molecular formula is C23H37BN2O6. The molecule has 0 unspecified atom stereocenters. The molecule has 0 spiro atoms. The summed E-state index contributed by atoms with van der Waals surface area (Å²) in [7, 11) is -0.573. The molecule has 0 radical (unpaired) electrons. The van der Waals surface area contributed by atoms with Crippen molar-refractivity contribution in [1.29, 1.82) is 0 Å². The van der Waals surface area contributed by atoms with Crippen molar-refractivity contribution in [2.75, 3.05) is 5.32 Å². The van der Waals surface area contributed by atoms with Gasteiger partial charge in [-0.1, -0.05) is 12.1 Å². The molecule has 2 amide bonds. The molecule has 0 bridgehead atoms. The molecule has 0 aromatic heterocycles. The molecule has 1 heterocycles. The molecule has 9 heteroatoms. The molecular weight excluding hydrogens is 411 g/mol. The van der Waals surface area contributed by atoms with E-state index in [0.29, 0.717) is 11.3 Å². The van der Waals surface area contributed by atoms with Crippen LogP contribution in [-0.2, 0) is 25.3 Å². The predicted molar refractivity (Wildman–Crippen MR) is 125 cm³/mol. The van der Waals surface area contributed by atoms with Crippen molar-refractivity contribution in [2.24, 2.45) is 0 Å².